The molecule has 5 nitrogen and oxygen atoms in total. The molecule has 0 rings (SSSR count). The summed E-state index contributed by atoms with van der Waals surface area (Å²) in [7, 11) is 3.05. The van der Waals surface area contributed by atoms with Gasteiger partial charge in [-0.05, 0) is 11.9 Å². The van der Waals surface area contributed by atoms with Crippen LogP contribution in [0.15, 0.2) is 0 Å². The molecule has 3 N–H and O–H groups in total. The normalized spacial score (nSPS) is 8.55. The first-order valence-electron chi connectivity index (χ1n) is 3.00. The number of amides is 3. The molecule has 0 spiro atoms. The summed E-state index contributed by atoms with van der Waals surface area (Å²) >= 11 is 1.04. The molecule has 3 amide bonds. The van der Waals surface area contributed by atoms with Gasteiger partial charge in [-0.2, -0.15) is 0 Å². The van der Waals surface area contributed by atoms with Crippen molar-refractivity contribution in [2.75, 3.05) is 19.8 Å². The fourth-order valence-electron chi connectivity index (χ4n) is 0.290. The zero-order valence-electron chi connectivity index (χ0n) is 6.43. The van der Waals surface area contributed by atoms with Crippen LogP contribution in [0.3, 0.4) is 0 Å². The molecule has 0 atom stereocenters. The van der Waals surface area contributed by atoms with Crippen molar-refractivity contribution in [3.8, 4) is 0 Å². The van der Waals surface area contributed by atoms with Crippen molar-refractivity contribution in [2.24, 2.45) is 0 Å². The van der Waals surface area contributed by atoms with Crippen molar-refractivity contribution in [2.45, 2.75) is 0 Å². The minimum atomic E-state index is -0.307. The summed E-state index contributed by atoms with van der Waals surface area (Å²) in [5, 5.41) is 4.78. The first-order valence-corrected chi connectivity index (χ1v) is 3.99. The molecular formula is C5H11N3O2S. The third-order valence-electron chi connectivity index (χ3n) is 0.874. The Kier molecular flexibility index (Phi) is 5.36. The molecule has 0 aliphatic carbocycles. The van der Waals surface area contributed by atoms with Gasteiger partial charge in [0.15, 0.2) is 0 Å². The standard InChI is InChI=1S/C5H11N3O2S/c1-6-4(9)3-11-8-5(10)7-2/h3H2,1-2H3,(H,6,9)(H2,7,8,10). The fraction of sp³-hybridized carbons (Fsp3) is 0.600. The third kappa shape index (κ3) is 5.53. The van der Waals surface area contributed by atoms with Crippen molar-refractivity contribution in [1.82, 2.24) is 15.4 Å². The van der Waals surface area contributed by atoms with Crippen LogP contribution < -0.4 is 15.4 Å². The number of carbonyl (C=O) groups excluding carboxylic acids is 2. The lowest BCUT2D eigenvalue weighted by atomic mass is 10.7. The van der Waals surface area contributed by atoms with Gasteiger partial charge in [0.1, 0.15) is 0 Å². The first-order chi connectivity index (χ1) is 5.20. The van der Waals surface area contributed by atoms with E-state index < -0.39 is 0 Å². The maximum atomic E-state index is 10.6. The van der Waals surface area contributed by atoms with Crippen LogP contribution in [0.25, 0.3) is 0 Å². The molecule has 6 heteroatoms. The summed E-state index contributed by atoms with van der Waals surface area (Å²) in [6, 6.07) is -0.307. The van der Waals surface area contributed by atoms with Gasteiger partial charge < -0.3 is 10.6 Å². The van der Waals surface area contributed by atoms with Crippen molar-refractivity contribution in [1.29, 1.82) is 0 Å². The van der Waals surface area contributed by atoms with Crippen LogP contribution in [0, 0.1) is 0 Å². The van der Waals surface area contributed by atoms with Gasteiger partial charge >= 0.3 is 6.03 Å². The first kappa shape index (κ1) is 10.1. The largest absolute Gasteiger partial charge is 0.358 e. The third-order valence-corrected chi connectivity index (χ3v) is 1.61. The topological polar surface area (TPSA) is 70.2 Å². The molecule has 64 valence electrons. The van der Waals surface area contributed by atoms with E-state index in [9.17, 15) is 9.59 Å². The van der Waals surface area contributed by atoms with Gasteiger partial charge in [0.2, 0.25) is 5.91 Å². The van der Waals surface area contributed by atoms with Crippen molar-refractivity contribution in [3.63, 3.8) is 0 Å². The Morgan fingerprint density at radius 3 is 2.36 bits per heavy atom. The smallest absolute Gasteiger partial charge is 0.324 e. The monoisotopic (exact) mass is 177 g/mol. The highest BCUT2D eigenvalue weighted by molar-refractivity contribution is 7.98. The number of urea groups is 1. The van der Waals surface area contributed by atoms with Gasteiger partial charge in [0, 0.05) is 14.1 Å². The highest BCUT2D eigenvalue weighted by Crippen LogP contribution is 1.90. The van der Waals surface area contributed by atoms with Crippen LogP contribution in [-0.2, 0) is 4.79 Å². The lowest BCUT2D eigenvalue weighted by Crippen LogP contribution is -2.30. The molecule has 0 radical (unpaired) electrons. The van der Waals surface area contributed by atoms with Crippen LogP contribution in [0.4, 0.5) is 4.79 Å². The molecule has 0 aromatic heterocycles. The quantitative estimate of drug-likeness (QED) is 0.500. The molecule has 0 saturated carbocycles. The molecule has 11 heavy (non-hydrogen) atoms. The number of hydrogen-bond donors (Lipinski definition) is 3. The van der Waals surface area contributed by atoms with Crippen LogP contribution in [0.2, 0.25) is 0 Å². The van der Waals surface area contributed by atoms with E-state index in [2.05, 4.69) is 15.4 Å². The summed E-state index contributed by atoms with van der Waals surface area (Å²) in [5.41, 5.74) is 0. The molecule has 0 aromatic carbocycles. The Morgan fingerprint density at radius 2 is 1.91 bits per heavy atom. The molecule has 0 aliphatic rings. The Hall–Kier alpha value is -0.910. The van der Waals surface area contributed by atoms with Crippen molar-refractivity contribution >= 4 is 23.9 Å². The Labute approximate surface area is 69.4 Å². The molecule has 0 heterocycles. The van der Waals surface area contributed by atoms with Crippen molar-refractivity contribution in [3.05, 3.63) is 0 Å². The van der Waals surface area contributed by atoms with Gasteiger partial charge in [-0.1, -0.05) is 0 Å². The second kappa shape index (κ2) is 5.84. The molecule has 0 bridgehead atoms. The summed E-state index contributed by atoms with van der Waals surface area (Å²) < 4.78 is 2.40. The number of rotatable bonds is 3. The van der Waals surface area contributed by atoms with Gasteiger partial charge in [-0.25, -0.2) is 4.79 Å². The number of carbonyl (C=O) groups is 2. The number of hydrogen-bond acceptors (Lipinski definition) is 3. The SMILES string of the molecule is CNC(=O)CSNC(=O)NC. The average Bonchev–Trinajstić information content (AvgIpc) is 2.04. The lowest BCUT2D eigenvalue weighted by molar-refractivity contribution is -0.118. The van der Waals surface area contributed by atoms with Crippen LogP contribution in [0.5, 0.6) is 0 Å². The summed E-state index contributed by atoms with van der Waals surface area (Å²) in [6.07, 6.45) is 0. The average molecular weight is 177 g/mol. The zero-order chi connectivity index (χ0) is 8.69. The van der Waals surface area contributed by atoms with E-state index in [1.807, 2.05) is 0 Å². The molecule has 0 unspecified atom stereocenters. The van der Waals surface area contributed by atoms with E-state index in [0.29, 0.717) is 0 Å². The summed E-state index contributed by atoms with van der Waals surface area (Å²) in [6.45, 7) is 0. The van der Waals surface area contributed by atoms with Gasteiger partial charge in [0.25, 0.3) is 0 Å². The Balaban J connectivity index is 3.27. The highest BCUT2D eigenvalue weighted by atomic mass is 32.2. The minimum Gasteiger partial charge on any atom is -0.358 e. The van der Waals surface area contributed by atoms with E-state index >= 15 is 0 Å². The van der Waals surface area contributed by atoms with E-state index in [-0.39, 0.29) is 17.7 Å². The number of nitrogens with one attached hydrogen (secondary N) is 3. The maximum absolute atomic E-state index is 10.6. The van der Waals surface area contributed by atoms with E-state index in [4.69, 9.17) is 0 Å². The maximum Gasteiger partial charge on any atom is 0.324 e. The van der Waals surface area contributed by atoms with Crippen LogP contribution in [0.1, 0.15) is 0 Å². The zero-order valence-corrected chi connectivity index (χ0v) is 7.25. The molecule has 0 saturated heterocycles. The second-order valence-electron chi connectivity index (χ2n) is 1.64. The van der Waals surface area contributed by atoms with Crippen LogP contribution in [-0.4, -0.2) is 31.8 Å². The molecule has 0 aliphatic heterocycles. The molecular weight excluding hydrogens is 166 g/mol. The predicted molar refractivity (Wildman–Crippen MR) is 44.1 cm³/mol. The van der Waals surface area contributed by atoms with E-state index in [1.54, 1.807) is 7.05 Å². The van der Waals surface area contributed by atoms with Gasteiger partial charge in [0.05, 0.1) is 5.75 Å². The Morgan fingerprint density at radius 1 is 1.27 bits per heavy atom. The predicted octanol–water partition coefficient (Wildman–Crippen LogP) is -0.690. The van der Waals surface area contributed by atoms with Gasteiger partial charge in [-0.15, -0.1) is 0 Å². The highest BCUT2D eigenvalue weighted by Gasteiger charge is 1.99. The molecule has 0 fully saturated rings. The minimum absolute atomic E-state index is 0.119. The molecule has 0 aromatic rings. The second-order valence-corrected chi connectivity index (χ2v) is 2.42. The van der Waals surface area contributed by atoms with Gasteiger partial charge in [-0.3, -0.25) is 9.52 Å². The van der Waals surface area contributed by atoms with E-state index in [1.165, 1.54) is 7.05 Å². The van der Waals surface area contributed by atoms with E-state index in [0.717, 1.165) is 11.9 Å². The lowest BCUT2D eigenvalue weighted by Gasteiger charge is -2.01. The van der Waals surface area contributed by atoms with Crippen LogP contribution >= 0.6 is 11.9 Å². The van der Waals surface area contributed by atoms with Crippen molar-refractivity contribution < 1.29 is 9.59 Å². The summed E-state index contributed by atoms with van der Waals surface area (Å²) in [5.74, 6) is 0.107. The Bertz CT molecular complexity index is 135. The summed E-state index contributed by atoms with van der Waals surface area (Å²) in [4.78, 5) is 21.1. The fourth-order valence-corrected chi connectivity index (χ4v) is 0.871.